The van der Waals surface area contributed by atoms with Crippen LogP contribution in [0, 0.1) is 10.1 Å². The summed E-state index contributed by atoms with van der Waals surface area (Å²) in [6.45, 7) is 0.197. The first-order chi connectivity index (χ1) is 9.20. The van der Waals surface area contributed by atoms with Gasteiger partial charge in [0.1, 0.15) is 12.4 Å². The van der Waals surface area contributed by atoms with E-state index in [9.17, 15) is 10.1 Å². The van der Waals surface area contributed by atoms with Crippen molar-refractivity contribution in [3.63, 3.8) is 0 Å². The van der Waals surface area contributed by atoms with Crippen molar-refractivity contribution in [1.29, 1.82) is 0 Å². The normalized spacial score (nSPS) is 9.95. The van der Waals surface area contributed by atoms with Gasteiger partial charge in [-0.2, -0.15) is 4.98 Å². The summed E-state index contributed by atoms with van der Waals surface area (Å²) in [6, 6.07) is 12.0. The minimum absolute atomic E-state index is 0.0655. The van der Waals surface area contributed by atoms with Crippen LogP contribution >= 0.6 is 0 Å². The third-order valence-electron chi connectivity index (χ3n) is 2.40. The summed E-state index contributed by atoms with van der Waals surface area (Å²) in [7, 11) is 0. The number of nitrogens with one attached hydrogen (secondary N) is 1. The number of nitrogens with zero attached hydrogens (tertiary/aromatic N) is 2. The topological polar surface area (TPSA) is 103 Å². The van der Waals surface area contributed by atoms with Gasteiger partial charge >= 0.3 is 5.69 Å². The number of nitro groups is 1. The summed E-state index contributed by atoms with van der Waals surface area (Å²) in [6.07, 6.45) is 0. The Kier molecular flexibility index (Phi) is 3.89. The van der Waals surface area contributed by atoms with Crippen LogP contribution in [0.2, 0.25) is 0 Å². The number of pyridine rings is 1. The molecule has 0 saturated heterocycles. The largest absolute Gasteiger partial charge is 0.468 e. The molecule has 98 valence electrons. The van der Waals surface area contributed by atoms with E-state index in [1.807, 2.05) is 30.3 Å². The molecule has 1 heterocycles. The lowest BCUT2D eigenvalue weighted by atomic mass is 10.2. The number of nitrogens with two attached hydrogens (primary N) is 1. The molecule has 0 aliphatic carbocycles. The van der Waals surface area contributed by atoms with Crippen LogP contribution in [0.3, 0.4) is 0 Å². The van der Waals surface area contributed by atoms with Gasteiger partial charge in [0, 0.05) is 6.07 Å². The molecule has 0 bridgehead atoms. The van der Waals surface area contributed by atoms with Gasteiger partial charge in [-0.3, -0.25) is 10.1 Å². The van der Waals surface area contributed by atoms with Crippen LogP contribution in [-0.2, 0) is 6.61 Å². The smallest absolute Gasteiger partial charge is 0.331 e. The second-order valence-electron chi connectivity index (χ2n) is 3.70. The van der Waals surface area contributed by atoms with E-state index in [1.165, 1.54) is 12.1 Å². The Balaban J connectivity index is 2.20. The van der Waals surface area contributed by atoms with Gasteiger partial charge in [0.25, 0.3) is 5.88 Å². The molecule has 2 rings (SSSR count). The van der Waals surface area contributed by atoms with Gasteiger partial charge in [-0.1, -0.05) is 30.3 Å². The van der Waals surface area contributed by atoms with Crippen LogP contribution in [0.4, 0.5) is 11.5 Å². The fourth-order valence-electron chi connectivity index (χ4n) is 1.48. The number of anilines is 1. The van der Waals surface area contributed by atoms with Crippen molar-refractivity contribution in [3.05, 3.63) is 58.1 Å². The van der Waals surface area contributed by atoms with Crippen LogP contribution in [0.5, 0.6) is 5.88 Å². The Labute approximate surface area is 109 Å². The second kappa shape index (κ2) is 5.78. The van der Waals surface area contributed by atoms with Crippen molar-refractivity contribution in [3.8, 4) is 5.88 Å². The summed E-state index contributed by atoms with van der Waals surface area (Å²) < 4.78 is 5.38. The van der Waals surface area contributed by atoms with Crippen LogP contribution in [0.25, 0.3) is 0 Å². The molecule has 3 N–H and O–H groups in total. The number of hydrogen-bond donors (Lipinski definition) is 2. The van der Waals surface area contributed by atoms with Gasteiger partial charge in [-0.25, -0.2) is 5.84 Å². The van der Waals surface area contributed by atoms with E-state index in [2.05, 4.69) is 10.4 Å². The molecule has 0 saturated carbocycles. The number of rotatable bonds is 5. The zero-order valence-corrected chi connectivity index (χ0v) is 9.95. The lowest BCUT2D eigenvalue weighted by Crippen LogP contribution is -2.10. The molecule has 0 radical (unpaired) electrons. The molecule has 1 aromatic carbocycles. The molecular formula is C12H12N4O3. The van der Waals surface area contributed by atoms with E-state index < -0.39 is 4.92 Å². The molecule has 0 aliphatic heterocycles. The number of hydrazine groups is 1. The maximum Gasteiger partial charge on any atom is 0.331 e. The molecule has 7 nitrogen and oxygen atoms in total. The minimum Gasteiger partial charge on any atom is -0.468 e. The van der Waals surface area contributed by atoms with Gasteiger partial charge in [0.05, 0.1) is 4.92 Å². The van der Waals surface area contributed by atoms with Crippen molar-refractivity contribution in [2.45, 2.75) is 6.61 Å². The third kappa shape index (κ3) is 3.17. The van der Waals surface area contributed by atoms with Gasteiger partial charge in [0.15, 0.2) is 0 Å². The Morgan fingerprint density at radius 3 is 2.63 bits per heavy atom. The Hall–Kier alpha value is -2.67. The summed E-state index contributed by atoms with van der Waals surface area (Å²) in [5.74, 6) is 5.45. The monoisotopic (exact) mass is 260 g/mol. The van der Waals surface area contributed by atoms with Crippen LogP contribution in [0.1, 0.15) is 5.56 Å². The van der Waals surface area contributed by atoms with Crippen LogP contribution in [-0.4, -0.2) is 9.91 Å². The highest BCUT2D eigenvalue weighted by molar-refractivity contribution is 5.48. The van der Waals surface area contributed by atoms with E-state index in [1.54, 1.807) is 0 Å². The van der Waals surface area contributed by atoms with E-state index >= 15 is 0 Å². The van der Waals surface area contributed by atoms with Crippen molar-refractivity contribution in [1.82, 2.24) is 4.98 Å². The Morgan fingerprint density at radius 2 is 2.00 bits per heavy atom. The summed E-state index contributed by atoms with van der Waals surface area (Å²) in [4.78, 5) is 14.2. The van der Waals surface area contributed by atoms with E-state index in [0.29, 0.717) is 5.82 Å². The number of aromatic nitrogens is 1. The molecule has 0 unspecified atom stereocenters. The Bertz CT molecular complexity index is 574. The average Bonchev–Trinajstić information content (AvgIpc) is 2.45. The molecule has 1 aromatic heterocycles. The van der Waals surface area contributed by atoms with Crippen molar-refractivity contribution >= 4 is 11.5 Å². The summed E-state index contributed by atoms with van der Waals surface area (Å²) in [5.41, 5.74) is 3.01. The third-order valence-corrected chi connectivity index (χ3v) is 2.40. The predicted molar refractivity (Wildman–Crippen MR) is 69.5 cm³/mol. The predicted octanol–water partition coefficient (Wildman–Crippen LogP) is 1.85. The number of ether oxygens (including phenoxy) is 1. The highest BCUT2D eigenvalue weighted by Crippen LogP contribution is 2.26. The molecule has 2 aromatic rings. The van der Waals surface area contributed by atoms with E-state index in [-0.39, 0.29) is 18.2 Å². The maximum atomic E-state index is 10.9. The number of nitrogen functional groups attached to an aromatic ring is 1. The lowest BCUT2D eigenvalue weighted by Gasteiger charge is -2.07. The van der Waals surface area contributed by atoms with E-state index in [4.69, 9.17) is 10.6 Å². The molecule has 0 amide bonds. The lowest BCUT2D eigenvalue weighted by molar-refractivity contribution is -0.386. The maximum absolute atomic E-state index is 10.9. The first-order valence-corrected chi connectivity index (χ1v) is 5.49. The van der Waals surface area contributed by atoms with Gasteiger partial charge in [-0.15, -0.1) is 0 Å². The van der Waals surface area contributed by atoms with Gasteiger partial charge in [0.2, 0.25) is 0 Å². The second-order valence-corrected chi connectivity index (χ2v) is 3.70. The SMILES string of the molecule is NNc1ccc([N+](=O)[O-])c(OCc2ccccc2)n1. The molecular weight excluding hydrogens is 248 g/mol. The quantitative estimate of drug-likeness (QED) is 0.483. The Morgan fingerprint density at radius 1 is 1.26 bits per heavy atom. The van der Waals surface area contributed by atoms with Crippen LogP contribution in [0.15, 0.2) is 42.5 Å². The molecule has 7 heteroatoms. The molecule has 19 heavy (non-hydrogen) atoms. The average molecular weight is 260 g/mol. The minimum atomic E-state index is -0.548. The highest BCUT2D eigenvalue weighted by atomic mass is 16.6. The fraction of sp³-hybridized carbons (Fsp3) is 0.0833. The molecule has 0 spiro atoms. The molecule has 0 atom stereocenters. The van der Waals surface area contributed by atoms with Crippen molar-refractivity contribution in [2.24, 2.45) is 5.84 Å². The standard InChI is InChI=1S/C12H12N4O3/c13-15-11-7-6-10(16(17)18)12(14-11)19-8-9-4-2-1-3-5-9/h1-7H,8,13H2,(H,14,15). The van der Waals surface area contributed by atoms with Gasteiger partial charge < -0.3 is 10.2 Å². The summed E-state index contributed by atoms with van der Waals surface area (Å²) in [5, 5.41) is 10.9. The first kappa shape index (κ1) is 12.8. The number of hydrogen-bond acceptors (Lipinski definition) is 6. The molecule has 0 aliphatic rings. The molecule has 0 fully saturated rings. The number of benzene rings is 1. The van der Waals surface area contributed by atoms with Crippen molar-refractivity contribution < 1.29 is 9.66 Å². The fourth-order valence-corrected chi connectivity index (χ4v) is 1.48. The first-order valence-electron chi connectivity index (χ1n) is 5.49. The van der Waals surface area contributed by atoms with E-state index in [0.717, 1.165) is 5.56 Å². The zero-order valence-electron chi connectivity index (χ0n) is 9.95. The summed E-state index contributed by atoms with van der Waals surface area (Å²) >= 11 is 0. The van der Waals surface area contributed by atoms with Crippen molar-refractivity contribution in [2.75, 3.05) is 5.43 Å². The zero-order chi connectivity index (χ0) is 13.7. The highest BCUT2D eigenvalue weighted by Gasteiger charge is 2.17. The van der Waals surface area contributed by atoms with Crippen LogP contribution < -0.4 is 16.0 Å². The van der Waals surface area contributed by atoms with Gasteiger partial charge in [-0.05, 0) is 11.6 Å².